The molecule has 2 aromatic heterocycles. The number of methoxy groups -OCH3 is 2. The van der Waals surface area contributed by atoms with Crippen LogP contribution in [0.2, 0.25) is 0 Å². The highest BCUT2D eigenvalue weighted by Gasteiger charge is 2.31. The molecule has 0 saturated carbocycles. The topological polar surface area (TPSA) is 208 Å². The van der Waals surface area contributed by atoms with Crippen molar-refractivity contribution in [1.29, 1.82) is 10.5 Å². The third-order valence-electron chi connectivity index (χ3n) is 12.3. The van der Waals surface area contributed by atoms with Gasteiger partial charge in [0.15, 0.2) is 71.5 Å². The zero-order valence-electron chi connectivity index (χ0n) is 38.5. The van der Waals surface area contributed by atoms with Gasteiger partial charge in [-0.1, -0.05) is 0 Å². The smallest absolute Gasteiger partial charge is 0.339 e. The molecule has 0 fully saturated rings. The van der Waals surface area contributed by atoms with Crippen LogP contribution in [0.15, 0.2) is 131 Å². The summed E-state index contributed by atoms with van der Waals surface area (Å²) in [5, 5.41) is 31.0. The molecule has 0 spiro atoms. The van der Waals surface area contributed by atoms with Gasteiger partial charge in [0.25, 0.3) is 9.05 Å². The van der Waals surface area contributed by atoms with Gasteiger partial charge < -0.3 is 37.7 Å². The van der Waals surface area contributed by atoms with Crippen LogP contribution in [0.3, 0.4) is 0 Å². The lowest BCUT2D eigenvalue weighted by molar-refractivity contribution is -0.686. The summed E-state index contributed by atoms with van der Waals surface area (Å²) < 4.78 is 90.3. The number of aromatic hydroxyl groups is 1. The van der Waals surface area contributed by atoms with Gasteiger partial charge in [-0.3, -0.25) is 0 Å². The number of ether oxygens (including phenoxy) is 6. The van der Waals surface area contributed by atoms with E-state index in [9.17, 15) is 21.9 Å². The Hall–Kier alpha value is -7.71. The van der Waals surface area contributed by atoms with Crippen molar-refractivity contribution >= 4 is 76.2 Å². The van der Waals surface area contributed by atoms with E-state index in [-0.39, 0.29) is 59.7 Å². The normalized spacial score (nSPS) is 13.0. The highest BCUT2D eigenvalue weighted by atomic mass is 35.7. The Morgan fingerprint density at radius 3 is 1.49 bits per heavy atom. The van der Waals surface area contributed by atoms with Gasteiger partial charge >= 0.3 is 10.1 Å². The lowest BCUT2D eigenvalue weighted by Crippen LogP contribution is -2.40. The average Bonchev–Trinajstić information content (AvgIpc) is 4.06. The molecule has 6 aromatic carbocycles. The van der Waals surface area contributed by atoms with Crippen molar-refractivity contribution in [2.24, 2.45) is 0 Å². The Morgan fingerprint density at radius 1 is 0.589 bits per heavy atom. The first-order valence-electron chi connectivity index (χ1n) is 21.8. The van der Waals surface area contributed by atoms with Crippen LogP contribution in [-0.4, -0.2) is 49.7 Å². The van der Waals surface area contributed by atoms with Gasteiger partial charge in [0.05, 0.1) is 64.3 Å². The van der Waals surface area contributed by atoms with Gasteiger partial charge in [-0.2, -0.15) is 28.1 Å². The number of benzene rings is 6. The standard InChI is InChI=1S/C26H19N2O6S.C19H15NO4.C7H4ClNO2S.2ClH/c1-31-23-7-4-17-10-22-20-12-25-24(32-15-33-25)11-18(20)8-9-28(22)14-21(17)26(23)34-35(29,30)19-5-2-16(13-27)3-6-19;1-22-16-3-2-11-6-15-13-8-18-17(23-10-24-18)7-12(13)4-5-20(15)9-14(11)19(16)21;8-12(10,11)7-3-1-6(5-9)2-4-7;;/h2-7,10-12,14H,8-9,15H2,1H3;2-3,6-9H,4-5,10H2,1H3;1-4H;2*1H/q+1;;;;/p+1. The van der Waals surface area contributed by atoms with Crippen LogP contribution >= 0.6 is 35.5 Å². The fraction of sp³-hybridized carbons (Fsp3) is 0.154. The number of phenolic OH excluding ortho intramolecular Hbond substituents is 1. The molecule has 0 saturated heterocycles. The minimum Gasteiger partial charge on any atom is -0.504 e. The molecule has 4 aliphatic rings. The number of aromatic nitrogens is 2. The van der Waals surface area contributed by atoms with Gasteiger partial charge in [-0.15, -0.1) is 24.8 Å². The van der Waals surface area contributed by atoms with E-state index in [1.54, 1.807) is 19.2 Å². The number of nitriles is 2. The van der Waals surface area contributed by atoms with Crippen LogP contribution in [-0.2, 0) is 45.1 Å². The Balaban J connectivity index is 0.000000162. The molecule has 6 heterocycles. The SMILES string of the molecule is COc1ccc2cc3[n+](cc2c1O)CCc1cc2c(cc1-3)OCO2.COc1ccc2cc3[n+](cc2c1OS(=O)(=O)c1ccc(C#N)cc1)CCc1cc2c(cc1-3)OCO2.Cl.Cl.N#Cc1ccc(S(=O)(=O)Cl)cc1. The summed E-state index contributed by atoms with van der Waals surface area (Å²) in [5.74, 6) is 4.17. The number of aryl methyl sites for hydroxylation is 4. The van der Waals surface area contributed by atoms with E-state index < -0.39 is 19.2 Å². The lowest BCUT2D eigenvalue weighted by atomic mass is 9.95. The molecular formula is C52H41Cl3N4O12S2+2. The number of hydrogen-bond acceptors (Lipinski definition) is 14. The molecule has 0 atom stereocenters. The molecule has 73 heavy (non-hydrogen) atoms. The number of hydrogen-bond donors (Lipinski definition) is 1. The number of fused-ring (bicyclic) bond motifs is 10. The lowest BCUT2D eigenvalue weighted by Gasteiger charge is -2.18. The van der Waals surface area contributed by atoms with Crippen LogP contribution in [0.5, 0.6) is 46.0 Å². The summed E-state index contributed by atoms with van der Waals surface area (Å²) in [6, 6.07) is 34.4. The molecule has 0 bridgehead atoms. The Morgan fingerprint density at radius 2 is 1.03 bits per heavy atom. The molecule has 21 heteroatoms. The molecule has 12 rings (SSSR count). The first-order valence-corrected chi connectivity index (χ1v) is 25.5. The zero-order chi connectivity index (χ0) is 49.6. The number of nitrogens with zero attached hydrogens (tertiary/aromatic N) is 4. The van der Waals surface area contributed by atoms with E-state index in [0.717, 1.165) is 75.3 Å². The summed E-state index contributed by atoms with van der Waals surface area (Å²) in [6.45, 7) is 2.05. The van der Waals surface area contributed by atoms with Gasteiger partial charge in [-0.05, 0) is 119 Å². The van der Waals surface area contributed by atoms with E-state index in [1.807, 2.05) is 54.9 Å². The highest BCUT2D eigenvalue weighted by Crippen LogP contribution is 2.44. The van der Waals surface area contributed by atoms with E-state index in [2.05, 4.69) is 27.3 Å². The van der Waals surface area contributed by atoms with Gasteiger partial charge in [-0.25, -0.2) is 8.42 Å². The van der Waals surface area contributed by atoms with Crippen molar-refractivity contribution in [3.63, 3.8) is 0 Å². The number of halogens is 3. The summed E-state index contributed by atoms with van der Waals surface area (Å²) in [4.78, 5) is -0.0469. The average molecular weight is 1080 g/mol. The van der Waals surface area contributed by atoms with E-state index in [4.69, 9.17) is 53.8 Å². The summed E-state index contributed by atoms with van der Waals surface area (Å²) in [6.07, 6.45) is 5.60. The Kier molecular flexibility index (Phi) is 14.7. The van der Waals surface area contributed by atoms with Crippen LogP contribution in [0.25, 0.3) is 44.1 Å². The maximum atomic E-state index is 13.1. The molecule has 372 valence electrons. The molecule has 0 aliphatic carbocycles. The third kappa shape index (κ3) is 10.1. The van der Waals surface area contributed by atoms with E-state index in [1.165, 1.54) is 66.8 Å². The van der Waals surface area contributed by atoms with E-state index >= 15 is 0 Å². The molecule has 1 N–H and O–H groups in total. The first-order chi connectivity index (χ1) is 34.2. The summed E-state index contributed by atoms with van der Waals surface area (Å²) in [7, 11) is 0.236. The van der Waals surface area contributed by atoms with E-state index in [0.29, 0.717) is 40.3 Å². The fourth-order valence-corrected chi connectivity index (χ4v) is 10.5. The van der Waals surface area contributed by atoms with Crippen LogP contribution in [0.1, 0.15) is 22.3 Å². The second-order valence-electron chi connectivity index (χ2n) is 16.4. The largest absolute Gasteiger partial charge is 0.504 e. The fourth-order valence-electron chi connectivity index (χ4n) is 8.76. The molecule has 0 amide bonds. The minimum absolute atomic E-state index is 0. The summed E-state index contributed by atoms with van der Waals surface area (Å²) >= 11 is 0. The molecule has 0 unspecified atom stereocenters. The predicted octanol–water partition coefficient (Wildman–Crippen LogP) is 8.85. The Labute approximate surface area is 436 Å². The van der Waals surface area contributed by atoms with Gasteiger partial charge in [0.1, 0.15) is 4.90 Å². The van der Waals surface area contributed by atoms with Gasteiger partial charge in [0, 0.05) is 35.7 Å². The second kappa shape index (κ2) is 20.8. The maximum Gasteiger partial charge on any atom is 0.339 e. The predicted molar refractivity (Wildman–Crippen MR) is 271 cm³/mol. The van der Waals surface area contributed by atoms with Gasteiger partial charge in [0.2, 0.25) is 25.0 Å². The third-order valence-corrected chi connectivity index (χ3v) is 14.9. The molecule has 16 nitrogen and oxygen atoms in total. The number of phenols is 1. The van der Waals surface area contributed by atoms with Crippen molar-refractivity contribution < 1.29 is 63.7 Å². The van der Waals surface area contributed by atoms with Crippen molar-refractivity contribution in [2.45, 2.75) is 35.7 Å². The molecule has 4 aliphatic heterocycles. The highest BCUT2D eigenvalue weighted by molar-refractivity contribution is 8.13. The molecule has 8 aromatic rings. The Bertz CT molecular complexity index is 3810. The van der Waals surface area contributed by atoms with Crippen molar-refractivity contribution in [3.8, 4) is 80.6 Å². The van der Waals surface area contributed by atoms with Crippen LogP contribution in [0.4, 0.5) is 0 Å². The minimum atomic E-state index is -4.17. The number of rotatable bonds is 6. The number of pyridine rings is 2. The zero-order valence-corrected chi connectivity index (χ0v) is 42.5. The van der Waals surface area contributed by atoms with Crippen molar-refractivity contribution in [3.05, 3.63) is 144 Å². The van der Waals surface area contributed by atoms with Crippen molar-refractivity contribution in [1.82, 2.24) is 0 Å². The molecular weight excluding hydrogens is 1040 g/mol. The summed E-state index contributed by atoms with van der Waals surface area (Å²) in [5.41, 5.74) is 7.50. The van der Waals surface area contributed by atoms with Crippen molar-refractivity contribution in [2.75, 3.05) is 27.8 Å². The van der Waals surface area contributed by atoms with Crippen LogP contribution < -0.4 is 41.7 Å². The second-order valence-corrected chi connectivity index (χ2v) is 20.5. The monoisotopic (exact) mass is 1080 g/mol. The maximum absolute atomic E-state index is 13.1. The molecule has 0 radical (unpaired) electrons. The quantitative estimate of drug-likeness (QED) is 0.0938. The van der Waals surface area contributed by atoms with Crippen LogP contribution in [0, 0.1) is 22.7 Å². The first kappa shape index (κ1) is 51.6.